The molecule has 0 saturated carbocycles. The van der Waals surface area contributed by atoms with E-state index in [1.54, 1.807) is 0 Å². The van der Waals surface area contributed by atoms with E-state index in [4.69, 9.17) is 4.74 Å². The molecule has 1 heterocycles. The third kappa shape index (κ3) is 1.31. The maximum Gasteiger partial charge on any atom is 0.129 e. The average Bonchev–Trinajstić information content (AvgIpc) is 2.44. The summed E-state index contributed by atoms with van der Waals surface area (Å²) >= 11 is 0. The lowest BCUT2D eigenvalue weighted by Crippen LogP contribution is -2.16. The molecule has 0 fully saturated rings. The summed E-state index contributed by atoms with van der Waals surface area (Å²) in [5.74, 6) is 0.838. The molecule has 2 nitrogen and oxygen atoms in total. The molecular formula is C11H14O2. The second-order valence-electron chi connectivity index (χ2n) is 3.55. The standard InChI is InChI=1S/C11H14O2/c1-3-9-11(12)8-6-7(2)4-5-10(8)13-9/h4-6,9,11-12H,3H2,1-2H3. The van der Waals surface area contributed by atoms with Crippen molar-refractivity contribution in [2.75, 3.05) is 0 Å². The fourth-order valence-corrected chi connectivity index (χ4v) is 1.74. The Hall–Kier alpha value is -1.02. The van der Waals surface area contributed by atoms with Crippen LogP contribution < -0.4 is 4.74 Å². The second kappa shape index (κ2) is 3.04. The summed E-state index contributed by atoms with van der Waals surface area (Å²) in [7, 11) is 0. The van der Waals surface area contributed by atoms with Crippen molar-refractivity contribution >= 4 is 0 Å². The molecule has 0 bridgehead atoms. The van der Waals surface area contributed by atoms with Gasteiger partial charge >= 0.3 is 0 Å². The second-order valence-corrected chi connectivity index (χ2v) is 3.55. The number of ether oxygens (including phenoxy) is 1. The van der Waals surface area contributed by atoms with Crippen LogP contribution in [0.25, 0.3) is 0 Å². The van der Waals surface area contributed by atoms with Gasteiger partial charge in [-0.1, -0.05) is 18.6 Å². The molecule has 1 N–H and O–H groups in total. The molecule has 1 aromatic rings. The number of aryl methyl sites for hydroxylation is 1. The van der Waals surface area contributed by atoms with Crippen LogP contribution in [0.15, 0.2) is 18.2 Å². The third-order valence-electron chi connectivity index (χ3n) is 2.52. The number of benzene rings is 1. The van der Waals surface area contributed by atoms with Crippen molar-refractivity contribution in [2.24, 2.45) is 0 Å². The molecule has 0 aliphatic carbocycles. The molecule has 1 aliphatic rings. The molecule has 2 unspecified atom stereocenters. The summed E-state index contributed by atoms with van der Waals surface area (Å²) in [6, 6.07) is 5.93. The van der Waals surface area contributed by atoms with Crippen LogP contribution >= 0.6 is 0 Å². The first-order chi connectivity index (χ1) is 6.22. The van der Waals surface area contributed by atoms with Crippen LogP contribution in [0.1, 0.15) is 30.6 Å². The predicted molar refractivity (Wildman–Crippen MR) is 50.8 cm³/mol. The van der Waals surface area contributed by atoms with Crippen molar-refractivity contribution in [1.29, 1.82) is 0 Å². The average molecular weight is 178 g/mol. The van der Waals surface area contributed by atoms with E-state index in [1.807, 2.05) is 32.0 Å². The molecule has 2 rings (SSSR count). The maximum atomic E-state index is 9.84. The molecule has 1 aliphatic heterocycles. The van der Waals surface area contributed by atoms with E-state index in [0.717, 1.165) is 23.3 Å². The SMILES string of the molecule is CCC1Oc2ccc(C)cc2C1O. The zero-order chi connectivity index (χ0) is 9.42. The van der Waals surface area contributed by atoms with Crippen LogP contribution in [0.2, 0.25) is 0 Å². The van der Waals surface area contributed by atoms with Gasteiger partial charge < -0.3 is 9.84 Å². The molecule has 70 valence electrons. The van der Waals surface area contributed by atoms with Crippen LogP contribution in [0.5, 0.6) is 5.75 Å². The van der Waals surface area contributed by atoms with Crippen molar-refractivity contribution in [3.05, 3.63) is 29.3 Å². The van der Waals surface area contributed by atoms with Crippen molar-refractivity contribution < 1.29 is 9.84 Å². The number of hydrogen-bond acceptors (Lipinski definition) is 2. The Morgan fingerprint density at radius 2 is 2.23 bits per heavy atom. The van der Waals surface area contributed by atoms with Crippen LogP contribution in [-0.2, 0) is 0 Å². The van der Waals surface area contributed by atoms with E-state index in [1.165, 1.54) is 0 Å². The van der Waals surface area contributed by atoms with Crippen molar-refractivity contribution in [2.45, 2.75) is 32.5 Å². The lowest BCUT2D eigenvalue weighted by molar-refractivity contribution is 0.0653. The number of fused-ring (bicyclic) bond motifs is 1. The van der Waals surface area contributed by atoms with Gasteiger partial charge in [0.1, 0.15) is 18.0 Å². The molecule has 0 radical (unpaired) electrons. The van der Waals surface area contributed by atoms with Crippen LogP contribution in [-0.4, -0.2) is 11.2 Å². The predicted octanol–water partition coefficient (Wildman–Crippen LogP) is 2.20. The van der Waals surface area contributed by atoms with E-state index >= 15 is 0 Å². The van der Waals surface area contributed by atoms with Gasteiger partial charge in [-0.2, -0.15) is 0 Å². The molecular weight excluding hydrogens is 164 g/mol. The first-order valence-corrected chi connectivity index (χ1v) is 4.67. The number of rotatable bonds is 1. The topological polar surface area (TPSA) is 29.5 Å². The van der Waals surface area contributed by atoms with Gasteiger partial charge in [-0.25, -0.2) is 0 Å². The van der Waals surface area contributed by atoms with E-state index in [2.05, 4.69) is 0 Å². The number of aliphatic hydroxyl groups is 1. The van der Waals surface area contributed by atoms with Crippen LogP contribution in [0.3, 0.4) is 0 Å². The van der Waals surface area contributed by atoms with E-state index in [0.29, 0.717) is 0 Å². The van der Waals surface area contributed by atoms with Gasteiger partial charge in [-0.05, 0) is 25.5 Å². The fraction of sp³-hybridized carbons (Fsp3) is 0.455. The highest BCUT2D eigenvalue weighted by Crippen LogP contribution is 2.37. The minimum absolute atomic E-state index is 0.0585. The molecule has 0 amide bonds. The summed E-state index contributed by atoms with van der Waals surface area (Å²) in [6.45, 7) is 4.04. The Bertz CT molecular complexity index is 320. The van der Waals surface area contributed by atoms with Crippen LogP contribution in [0.4, 0.5) is 0 Å². The largest absolute Gasteiger partial charge is 0.487 e. The Kier molecular flexibility index (Phi) is 2.00. The molecule has 2 heteroatoms. The summed E-state index contributed by atoms with van der Waals surface area (Å²) in [5, 5.41) is 9.84. The summed E-state index contributed by atoms with van der Waals surface area (Å²) in [5.41, 5.74) is 2.10. The molecule has 0 saturated heterocycles. The summed E-state index contributed by atoms with van der Waals surface area (Å²) < 4.78 is 5.57. The first kappa shape index (κ1) is 8.57. The monoisotopic (exact) mass is 178 g/mol. The maximum absolute atomic E-state index is 9.84. The van der Waals surface area contributed by atoms with Gasteiger partial charge in [-0.15, -0.1) is 0 Å². The lowest BCUT2D eigenvalue weighted by Gasteiger charge is -2.10. The lowest BCUT2D eigenvalue weighted by atomic mass is 10.0. The van der Waals surface area contributed by atoms with Crippen molar-refractivity contribution in [3.8, 4) is 5.75 Å². The highest BCUT2D eigenvalue weighted by molar-refractivity contribution is 5.42. The Balaban J connectivity index is 2.39. The number of aliphatic hydroxyl groups excluding tert-OH is 1. The van der Waals surface area contributed by atoms with Gasteiger partial charge in [0.2, 0.25) is 0 Å². The van der Waals surface area contributed by atoms with Gasteiger partial charge in [0.25, 0.3) is 0 Å². The van der Waals surface area contributed by atoms with Crippen molar-refractivity contribution in [3.63, 3.8) is 0 Å². The smallest absolute Gasteiger partial charge is 0.129 e. The van der Waals surface area contributed by atoms with Gasteiger partial charge in [-0.3, -0.25) is 0 Å². The minimum Gasteiger partial charge on any atom is -0.487 e. The van der Waals surface area contributed by atoms with E-state index in [-0.39, 0.29) is 6.10 Å². The molecule has 0 aromatic heterocycles. The van der Waals surface area contributed by atoms with Gasteiger partial charge in [0.05, 0.1) is 0 Å². The van der Waals surface area contributed by atoms with Crippen molar-refractivity contribution in [1.82, 2.24) is 0 Å². The summed E-state index contributed by atoms with van der Waals surface area (Å²) in [6.07, 6.45) is 0.339. The third-order valence-corrected chi connectivity index (χ3v) is 2.52. The zero-order valence-corrected chi connectivity index (χ0v) is 7.95. The molecule has 0 spiro atoms. The summed E-state index contributed by atoms with van der Waals surface area (Å²) in [4.78, 5) is 0. The molecule has 13 heavy (non-hydrogen) atoms. The Labute approximate surface area is 78.2 Å². The molecule has 1 aromatic carbocycles. The van der Waals surface area contributed by atoms with Gasteiger partial charge in [0, 0.05) is 5.56 Å². The highest BCUT2D eigenvalue weighted by Gasteiger charge is 2.31. The Morgan fingerprint density at radius 1 is 1.46 bits per heavy atom. The minimum atomic E-state index is -0.445. The highest BCUT2D eigenvalue weighted by atomic mass is 16.5. The molecule has 2 atom stereocenters. The zero-order valence-electron chi connectivity index (χ0n) is 7.95. The van der Waals surface area contributed by atoms with Crippen LogP contribution in [0, 0.1) is 6.92 Å². The van der Waals surface area contributed by atoms with Gasteiger partial charge in [0.15, 0.2) is 0 Å². The quantitative estimate of drug-likeness (QED) is 0.714. The normalized spacial score (nSPS) is 25.5. The van der Waals surface area contributed by atoms with E-state index < -0.39 is 6.10 Å². The Morgan fingerprint density at radius 3 is 2.92 bits per heavy atom. The first-order valence-electron chi connectivity index (χ1n) is 4.67. The van der Waals surface area contributed by atoms with E-state index in [9.17, 15) is 5.11 Å². The number of hydrogen-bond donors (Lipinski definition) is 1. The fourth-order valence-electron chi connectivity index (χ4n) is 1.74.